The van der Waals surface area contributed by atoms with Gasteiger partial charge in [0, 0.05) is 25.3 Å². The molecule has 0 N–H and O–H groups in total. The number of rotatable bonds is 2. The largest absolute Gasteiger partial charge is 0.573 e. The van der Waals surface area contributed by atoms with Gasteiger partial charge in [-0.3, -0.25) is 0 Å². The van der Waals surface area contributed by atoms with Gasteiger partial charge in [0.25, 0.3) is 0 Å². The van der Waals surface area contributed by atoms with E-state index in [9.17, 15) is 18.0 Å². The zero-order chi connectivity index (χ0) is 20.6. The molecule has 0 saturated carbocycles. The zero-order valence-electron chi connectivity index (χ0n) is 16.2. The zero-order valence-corrected chi connectivity index (χ0v) is 16.2. The van der Waals surface area contributed by atoms with Gasteiger partial charge in [-0.2, -0.15) is 0 Å². The molecule has 9 heteroatoms. The highest BCUT2D eigenvalue weighted by molar-refractivity contribution is 5.68. The average molecular weight is 402 g/mol. The summed E-state index contributed by atoms with van der Waals surface area (Å²) >= 11 is 0. The molecule has 2 heterocycles. The van der Waals surface area contributed by atoms with Crippen molar-refractivity contribution in [2.24, 2.45) is 0 Å². The van der Waals surface area contributed by atoms with Crippen molar-refractivity contribution in [2.45, 2.75) is 44.8 Å². The van der Waals surface area contributed by atoms with Crippen molar-refractivity contribution in [1.29, 1.82) is 0 Å². The standard InChI is InChI=1S/C19H25F3N2O4/c1-17(2,3)28-16(25)24-10-11-26-18(13-24)8-9-23(12-18)14-4-6-15(7-5-14)27-19(20,21)22/h4-7H,8-13H2,1-3H3. The summed E-state index contributed by atoms with van der Waals surface area (Å²) in [6.07, 6.45) is -4.35. The molecule has 1 unspecified atom stereocenters. The molecule has 0 bridgehead atoms. The number of morpholine rings is 1. The van der Waals surface area contributed by atoms with Crippen molar-refractivity contribution in [3.8, 4) is 5.75 Å². The normalized spacial score (nSPS) is 23.2. The summed E-state index contributed by atoms with van der Waals surface area (Å²) in [4.78, 5) is 16.1. The Bertz CT molecular complexity index is 703. The van der Waals surface area contributed by atoms with Crippen molar-refractivity contribution in [2.75, 3.05) is 37.7 Å². The van der Waals surface area contributed by atoms with E-state index in [0.717, 1.165) is 5.69 Å². The van der Waals surface area contributed by atoms with Crippen LogP contribution in [0.3, 0.4) is 0 Å². The van der Waals surface area contributed by atoms with E-state index in [-0.39, 0.29) is 11.8 Å². The van der Waals surface area contributed by atoms with Crippen LogP contribution in [0.4, 0.5) is 23.7 Å². The number of carbonyl (C=O) groups is 1. The fraction of sp³-hybridized carbons (Fsp3) is 0.632. The fourth-order valence-corrected chi connectivity index (χ4v) is 3.50. The molecular formula is C19H25F3N2O4. The van der Waals surface area contributed by atoms with Gasteiger partial charge in [0.2, 0.25) is 0 Å². The maximum absolute atomic E-state index is 12.4. The number of amides is 1. The van der Waals surface area contributed by atoms with Crippen LogP contribution in [-0.4, -0.2) is 61.3 Å². The van der Waals surface area contributed by atoms with Gasteiger partial charge >= 0.3 is 12.5 Å². The molecule has 6 nitrogen and oxygen atoms in total. The van der Waals surface area contributed by atoms with E-state index in [1.165, 1.54) is 12.1 Å². The first-order valence-corrected chi connectivity index (χ1v) is 9.17. The Kier molecular flexibility index (Phi) is 5.40. The summed E-state index contributed by atoms with van der Waals surface area (Å²) in [7, 11) is 0. The molecular weight excluding hydrogens is 377 g/mol. The smallest absolute Gasteiger partial charge is 0.444 e. The maximum atomic E-state index is 12.4. The number of halogens is 3. The van der Waals surface area contributed by atoms with Crippen molar-refractivity contribution in [1.82, 2.24) is 4.90 Å². The number of hydrogen-bond donors (Lipinski definition) is 0. The van der Waals surface area contributed by atoms with E-state index < -0.39 is 17.6 Å². The highest BCUT2D eigenvalue weighted by Gasteiger charge is 2.44. The van der Waals surface area contributed by atoms with Crippen LogP contribution in [0.25, 0.3) is 0 Å². The van der Waals surface area contributed by atoms with Crippen LogP contribution in [0.1, 0.15) is 27.2 Å². The predicted octanol–water partition coefficient (Wildman–Crippen LogP) is 3.80. The van der Waals surface area contributed by atoms with Crippen molar-refractivity contribution < 1.29 is 32.2 Å². The Morgan fingerprint density at radius 3 is 2.39 bits per heavy atom. The molecule has 2 saturated heterocycles. The monoisotopic (exact) mass is 402 g/mol. The summed E-state index contributed by atoms with van der Waals surface area (Å²) in [5.74, 6) is -0.254. The number of carbonyl (C=O) groups excluding carboxylic acids is 1. The Balaban J connectivity index is 1.63. The number of nitrogens with zero attached hydrogens (tertiary/aromatic N) is 2. The number of hydrogen-bond acceptors (Lipinski definition) is 5. The number of ether oxygens (including phenoxy) is 3. The number of alkyl halides is 3. The third-order valence-corrected chi connectivity index (χ3v) is 4.65. The van der Waals surface area contributed by atoms with E-state index in [1.807, 2.05) is 25.7 Å². The van der Waals surface area contributed by atoms with Crippen LogP contribution in [0.15, 0.2) is 24.3 Å². The number of benzene rings is 1. The van der Waals surface area contributed by atoms with E-state index in [2.05, 4.69) is 4.74 Å². The Morgan fingerprint density at radius 2 is 1.79 bits per heavy atom. The molecule has 1 atom stereocenters. The lowest BCUT2D eigenvalue weighted by atomic mass is 10.0. The Morgan fingerprint density at radius 1 is 1.11 bits per heavy atom. The fourth-order valence-electron chi connectivity index (χ4n) is 3.50. The molecule has 2 aliphatic heterocycles. The van der Waals surface area contributed by atoms with Crippen LogP contribution in [0, 0.1) is 0 Å². The van der Waals surface area contributed by atoms with Gasteiger partial charge in [-0.05, 0) is 51.5 Å². The molecule has 1 spiro atoms. The van der Waals surface area contributed by atoms with Gasteiger partial charge in [0.05, 0.1) is 13.2 Å². The SMILES string of the molecule is CC(C)(C)OC(=O)N1CCOC2(CCN(c3ccc(OC(F)(F)F)cc3)C2)C1. The van der Waals surface area contributed by atoms with E-state index >= 15 is 0 Å². The van der Waals surface area contributed by atoms with Crippen LogP contribution in [0.5, 0.6) is 5.75 Å². The summed E-state index contributed by atoms with van der Waals surface area (Å²) in [6, 6.07) is 5.77. The Labute approximate surface area is 162 Å². The molecule has 0 radical (unpaired) electrons. The topological polar surface area (TPSA) is 51.2 Å². The minimum absolute atomic E-state index is 0.254. The second-order valence-corrected chi connectivity index (χ2v) is 8.15. The third kappa shape index (κ3) is 5.21. The lowest BCUT2D eigenvalue weighted by molar-refractivity contribution is -0.274. The highest BCUT2D eigenvalue weighted by atomic mass is 19.4. The minimum atomic E-state index is -4.71. The van der Waals surface area contributed by atoms with Gasteiger partial charge in [-0.25, -0.2) is 4.79 Å². The van der Waals surface area contributed by atoms with E-state index in [1.54, 1.807) is 17.0 Å². The molecule has 2 fully saturated rings. The van der Waals surface area contributed by atoms with Crippen LogP contribution >= 0.6 is 0 Å². The molecule has 0 aliphatic carbocycles. The summed E-state index contributed by atoms with van der Waals surface area (Å²) in [5.41, 5.74) is -0.287. The first kappa shape index (κ1) is 20.6. The molecule has 156 valence electrons. The van der Waals surface area contributed by atoms with Crippen molar-refractivity contribution in [3.05, 3.63) is 24.3 Å². The molecule has 3 rings (SSSR count). The first-order valence-electron chi connectivity index (χ1n) is 9.17. The molecule has 1 aromatic rings. The maximum Gasteiger partial charge on any atom is 0.573 e. The van der Waals surface area contributed by atoms with Gasteiger partial charge in [0.1, 0.15) is 17.0 Å². The van der Waals surface area contributed by atoms with Crippen LogP contribution in [0.2, 0.25) is 0 Å². The van der Waals surface area contributed by atoms with Gasteiger partial charge in [-0.15, -0.1) is 13.2 Å². The molecule has 28 heavy (non-hydrogen) atoms. The first-order chi connectivity index (χ1) is 12.9. The van der Waals surface area contributed by atoms with Crippen LogP contribution < -0.4 is 9.64 Å². The lowest BCUT2D eigenvalue weighted by Gasteiger charge is -2.40. The summed E-state index contributed by atoms with van der Waals surface area (Å²) < 4.78 is 52.3. The summed E-state index contributed by atoms with van der Waals surface area (Å²) in [6.45, 7) is 8.02. The molecule has 2 aliphatic rings. The van der Waals surface area contributed by atoms with E-state index in [0.29, 0.717) is 39.2 Å². The predicted molar refractivity (Wildman–Crippen MR) is 96.4 cm³/mol. The van der Waals surface area contributed by atoms with Gasteiger partial charge in [0.15, 0.2) is 0 Å². The van der Waals surface area contributed by atoms with Gasteiger partial charge in [-0.1, -0.05) is 0 Å². The lowest BCUT2D eigenvalue weighted by Crippen LogP contribution is -2.55. The average Bonchev–Trinajstić information content (AvgIpc) is 2.96. The summed E-state index contributed by atoms with van der Waals surface area (Å²) in [5, 5.41) is 0. The van der Waals surface area contributed by atoms with Crippen LogP contribution in [-0.2, 0) is 9.47 Å². The quantitative estimate of drug-likeness (QED) is 0.753. The van der Waals surface area contributed by atoms with Gasteiger partial charge < -0.3 is 24.0 Å². The van der Waals surface area contributed by atoms with Crippen molar-refractivity contribution in [3.63, 3.8) is 0 Å². The molecule has 1 aromatic carbocycles. The number of anilines is 1. The third-order valence-electron chi connectivity index (χ3n) is 4.65. The molecule has 0 aromatic heterocycles. The second-order valence-electron chi connectivity index (χ2n) is 8.15. The second kappa shape index (κ2) is 7.35. The molecule has 1 amide bonds. The minimum Gasteiger partial charge on any atom is -0.444 e. The Hall–Kier alpha value is -2.16. The highest BCUT2D eigenvalue weighted by Crippen LogP contribution is 2.34. The van der Waals surface area contributed by atoms with E-state index in [4.69, 9.17) is 9.47 Å². The van der Waals surface area contributed by atoms with Crippen molar-refractivity contribution >= 4 is 11.8 Å².